The fraction of sp³-hybridized carbons (Fsp3) is 0.333. The van der Waals surface area contributed by atoms with Crippen LogP contribution in [0.3, 0.4) is 0 Å². The lowest BCUT2D eigenvalue weighted by molar-refractivity contribution is -0.385. The number of hydrogen-bond donors (Lipinski definition) is 2. The minimum atomic E-state index is -0.567. The molecule has 2 amide bonds. The van der Waals surface area contributed by atoms with Crippen molar-refractivity contribution >= 4 is 33.8 Å². The number of thiophene rings is 1. The van der Waals surface area contributed by atoms with E-state index < -0.39 is 16.7 Å². The number of amides is 2. The molecule has 1 aliphatic rings. The lowest BCUT2D eigenvalue weighted by Crippen LogP contribution is -2.20. The van der Waals surface area contributed by atoms with Crippen molar-refractivity contribution in [2.45, 2.75) is 33.1 Å². The Morgan fingerprint density at radius 2 is 2.12 bits per heavy atom. The number of nitrogens with zero attached hydrogens (tertiary/aromatic N) is 1. The number of rotatable bonds is 4. The molecule has 0 aliphatic heterocycles. The number of nitrogens with one attached hydrogen (secondary N) is 1. The first-order valence-corrected chi connectivity index (χ1v) is 9.11. The number of nitrogens with two attached hydrogens (primary N) is 1. The standard InChI is InChI=1S/C18H19N3O4S/c1-9-6-7-12-14(8-9)26-18(15(12)16(19)22)20-17(23)11-4-3-5-13(10(11)2)21(24)25/h3-5,9H,6-8H2,1-2H3,(H2,19,22)(H,20,23)/t9-/m1/s1. The van der Waals surface area contributed by atoms with Crippen molar-refractivity contribution in [2.75, 3.05) is 5.32 Å². The molecule has 0 spiro atoms. The van der Waals surface area contributed by atoms with E-state index in [-0.39, 0.29) is 16.8 Å². The molecule has 1 aromatic carbocycles. The van der Waals surface area contributed by atoms with E-state index in [2.05, 4.69) is 12.2 Å². The molecule has 1 aromatic heterocycles. The monoisotopic (exact) mass is 373 g/mol. The van der Waals surface area contributed by atoms with Gasteiger partial charge in [0, 0.05) is 22.1 Å². The molecule has 8 heteroatoms. The van der Waals surface area contributed by atoms with Crippen LogP contribution in [-0.4, -0.2) is 16.7 Å². The van der Waals surface area contributed by atoms with Crippen molar-refractivity contribution in [3.05, 3.63) is 55.4 Å². The van der Waals surface area contributed by atoms with E-state index in [9.17, 15) is 19.7 Å². The summed E-state index contributed by atoms with van der Waals surface area (Å²) in [5, 5.41) is 14.2. The molecular formula is C18H19N3O4S. The minimum absolute atomic E-state index is 0.118. The predicted molar refractivity (Wildman–Crippen MR) is 99.8 cm³/mol. The molecule has 1 heterocycles. The molecule has 136 valence electrons. The molecule has 1 aliphatic carbocycles. The third kappa shape index (κ3) is 3.20. The van der Waals surface area contributed by atoms with Gasteiger partial charge in [-0.15, -0.1) is 11.3 Å². The molecule has 0 fully saturated rings. The molecule has 0 bridgehead atoms. The van der Waals surface area contributed by atoms with Crippen molar-refractivity contribution in [1.29, 1.82) is 0 Å². The van der Waals surface area contributed by atoms with Crippen LogP contribution in [0.5, 0.6) is 0 Å². The number of benzene rings is 1. The van der Waals surface area contributed by atoms with E-state index >= 15 is 0 Å². The van der Waals surface area contributed by atoms with Gasteiger partial charge < -0.3 is 11.1 Å². The Morgan fingerprint density at radius 3 is 2.77 bits per heavy atom. The van der Waals surface area contributed by atoms with E-state index in [1.54, 1.807) is 0 Å². The minimum Gasteiger partial charge on any atom is -0.365 e. The highest BCUT2D eigenvalue weighted by molar-refractivity contribution is 7.17. The van der Waals surface area contributed by atoms with Gasteiger partial charge in [0.2, 0.25) is 0 Å². The summed E-state index contributed by atoms with van der Waals surface area (Å²) < 4.78 is 0. The van der Waals surface area contributed by atoms with Gasteiger partial charge in [0.1, 0.15) is 5.00 Å². The number of carbonyl (C=O) groups is 2. The Hall–Kier alpha value is -2.74. The van der Waals surface area contributed by atoms with Crippen LogP contribution in [0.15, 0.2) is 18.2 Å². The van der Waals surface area contributed by atoms with Crippen LogP contribution in [-0.2, 0) is 12.8 Å². The van der Waals surface area contributed by atoms with Gasteiger partial charge in [-0.3, -0.25) is 19.7 Å². The van der Waals surface area contributed by atoms with E-state index in [1.165, 1.54) is 36.5 Å². The van der Waals surface area contributed by atoms with Crippen molar-refractivity contribution in [3.8, 4) is 0 Å². The van der Waals surface area contributed by atoms with Crippen LogP contribution < -0.4 is 11.1 Å². The zero-order valence-corrected chi connectivity index (χ0v) is 15.3. The largest absolute Gasteiger partial charge is 0.365 e. The number of nitro benzene ring substituents is 1. The van der Waals surface area contributed by atoms with Crippen LogP contribution in [0.2, 0.25) is 0 Å². The van der Waals surface area contributed by atoms with E-state index in [0.717, 1.165) is 29.7 Å². The van der Waals surface area contributed by atoms with Crippen molar-refractivity contribution in [3.63, 3.8) is 0 Å². The quantitative estimate of drug-likeness (QED) is 0.631. The van der Waals surface area contributed by atoms with Crippen molar-refractivity contribution < 1.29 is 14.5 Å². The highest BCUT2D eigenvalue weighted by Gasteiger charge is 2.28. The molecule has 3 N–H and O–H groups in total. The SMILES string of the molecule is Cc1c(C(=O)Nc2sc3c(c2C(N)=O)CC[C@@H](C)C3)cccc1[N+](=O)[O-]. The second-order valence-electron chi connectivity index (χ2n) is 6.58. The molecule has 26 heavy (non-hydrogen) atoms. The Kier molecular flexibility index (Phi) is 4.78. The smallest absolute Gasteiger partial charge is 0.273 e. The average molecular weight is 373 g/mol. The summed E-state index contributed by atoms with van der Waals surface area (Å²) in [5.74, 6) is -0.534. The molecule has 0 unspecified atom stereocenters. The summed E-state index contributed by atoms with van der Waals surface area (Å²) in [7, 11) is 0. The topological polar surface area (TPSA) is 115 Å². The van der Waals surface area contributed by atoms with Crippen molar-refractivity contribution in [2.24, 2.45) is 11.7 Å². The molecule has 0 saturated heterocycles. The molecule has 1 atom stereocenters. The fourth-order valence-electron chi connectivity index (χ4n) is 3.34. The third-order valence-electron chi connectivity index (χ3n) is 4.73. The van der Waals surface area contributed by atoms with Gasteiger partial charge in [0.25, 0.3) is 17.5 Å². The third-order valence-corrected chi connectivity index (χ3v) is 5.90. The fourth-order valence-corrected chi connectivity index (χ4v) is 4.75. The number of carbonyl (C=O) groups excluding carboxylic acids is 2. The lowest BCUT2D eigenvalue weighted by Gasteiger charge is -2.18. The predicted octanol–water partition coefficient (Wildman–Crippen LogP) is 3.44. The molecule has 0 radical (unpaired) electrons. The lowest BCUT2D eigenvalue weighted by atomic mass is 9.88. The zero-order chi connectivity index (χ0) is 19.0. The summed E-state index contributed by atoms with van der Waals surface area (Å²) in [6, 6.07) is 4.35. The molecule has 3 rings (SSSR count). The van der Waals surface area contributed by atoms with Crippen LogP contribution >= 0.6 is 11.3 Å². The number of nitro groups is 1. The highest BCUT2D eigenvalue weighted by Crippen LogP contribution is 2.39. The van der Waals surface area contributed by atoms with Gasteiger partial charge in [0.15, 0.2) is 0 Å². The molecular weight excluding hydrogens is 354 g/mol. The Morgan fingerprint density at radius 1 is 1.38 bits per heavy atom. The maximum Gasteiger partial charge on any atom is 0.273 e. The second kappa shape index (κ2) is 6.87. The van der Waals surface area contributed by atoms with E-state index in [1.807, 2.05) is 0 Å². The van der Waals surface area contributed by atoms with E-state index in [0.29, 0.717) is 16.5 Å². The summed E-state index contributed by atoms with van der Waals surface area (Å²) >= 11 is 1.37. The van der Waals surface area contributed by atoms with Crippen LogP contribution in [0.4, 0.5) is 10.7 Å². The van der Waals surface area contributed by atoms with Gasteiger partial charge in [-0.05, 0) is 43.7 Å². The van der Waals surface area contributed by atoms with Crippen LogP contribution in [0.25, 0.3) is 0 Å². The van der Waals surface area contributed by atoms with Gasteiger partial charge in [-0.25, -0.2) is 0 Å². The Bertz CT molecular complexity index is 919. The molecule has 7 nitrogen and oxygen atoms in total. The number of hydrogen-bond acceptors (Lipinski definition) is 5. The Labute approximate surface area is 154 Å². The van der Waals surface area contributed by atoms with Gasteiger partial charge >= 0.3 is 0 Å². The zero-order valence-electron chi connectivity index (χ0n) is 14.5. The summed E-state index contributed by atoms with van der Waals surface area (Å²) in [6.07, 6.45) is 2.59. The molecule has 2 aromatic rings. The van der Waals surface area contributed by atoms with Gasteiger partial charge in [0.05, 0.1) is 10.5 Å². The number of primary amides is 1. The summed E-state index contributed by atoms with van der Waals surface area (Å²) in [6.45, 7) is 3.68. The highest BCUT2D eigenvalue weighted by atomic mass is 32.1. The maximum absolute atomic E-state index is 12.7. The maximum atomic E-state index is 12.7. The second-order valence-corrected chi connectivity index (χ2v) is 7.69. The first kappa shape index (κ1) is 18.1. The average Bonchev–Trinajstić information content (AvgIpc) is 2.91. The van der Waals surface area contributed by atoms with Crippen molar-refractivity contribution in [1.82, 2.24) is 0 Å². The number of fused-ring (bicyclic) bond motifs is 1. The van der Waals surface area contributed by atoms with Crippen LogP contribution in [0, 0.1) is 23.0 Å². The number of anilines is 1. The van der Waals surface area contributed by atoms with Crippen LogP contribution in [0.1, 0.15) is 50.1 Å². The summed E-state index contributed by atoms with van der Waals surface area (Å²) in [5.41, 5.74) is 7.21. The normalized spacial score (nSPS) is 16.0. The van der Waals surface area contributed by atoms with Gasteiger partial charge in [-0.1, -0.05) is 13.0 Å². The summed E-state index contributed by atoms with van der Waals surface area (Å²) in [4.78, 5) is 36.3. The molecule has 0 saturated carbocycles. The first-order chi connectivity index (χ1) is 12.3. The van der Waals surface area contributed by atoms with E-state index in [4.69, 9.17) is 5.73 Å². The Balaban J connectivity index is 1.97. The first-order valence-electron chi connectivity index (χ1n) is 8.29. The van der Waals surface area contributed by atoms with Gasteiger partial charge in [-0.2, -0.15) is 0 Å².